The quantitative estimate of drug-likeness (QED) is 0.590. The number of benzene rings is 1. The lowest BCUT2D eigenvalue weighted by Gasteiger charge is -2.17. The first-order chi connectivity index (χ1) is 12.1. The summed E-state index contributed by atoms with van der Waals surface area (Å²) in [6.07, 6.45) is 9.36. The first-order valence-corrected chi connectivity index (χ1v) is 9.41. The average molecular weight is 340 g/mol. The summed E-state index contributed by atoms with van der Waals surface area (Å²) < 4.78 is 0. The Kier molecular flexibility index (Phi) is 5.57. The third-order valence-corrected chi connectivity index (χ3v) is 5.44. The van der Waals surface area contributed by atoms with Crippen molar-refractivity contribution in [2.24, 2.45) is 5.41 Å². The minimum atomic E-state index is -0.830. The fourth-order valence-corrected chi connectivity index (χ4v) is 3.47. The van der Waals surface area contributed by atoms with Crippen LogP contribution < -0.4 is 10.6 Å². The molecule has 0 aliphatic heterocycles. The van der Waals surface area contributed by atoms with E-state index in [0.29, 0.717) is 25.9 Å². The SMILES string of the molecule is Cc1ccccc1CNC(=O)C1(C(=O)NCCC2=CCCCC2)CC1. The highest BCUT2D eigenvalue weighted by molar-refractivity contribution is 6.07. The second kappa shape index (κ2) is 7.85. The number of hydrogen-bond acceptors (Lipinski definition) is 2. The fourth-order valence-electron chi connectivity index (χ4n) is 3.47. The number of aryl methyl sites for hydroxylation is 1. The van der Waals surface area contributed by atoms with Crippen LogP contribution in [0.2, 0.25) is 0 Å². The number of nitrogens with one attached hydrogen (secondary N) is 2. The highest BCUT2D eigenvalue weighted by Gasteiger charge is 2.56. The fraction of sp³-hybridized carbons (Fsp3) is 0.524. The number of rotatable bonds is 7. The zero-order chi connectivity index (χ0) is 17.7. The molecule has 1 aromatic carbocycles. The van der Waals surface area contributed by atoms with Gasteiger partial charge in [-0.05, 0) is 63.0 Å². The van der Waals surface area contributed by atoms with Crippen molar-refractivity contribution in [3.05, 3.63) is 47.0 Å². The normalized spacial score (nSPS) is 18.2. The molecule has 4 nitrogen and oxygen atoms in total. The van der Waals surface area contributed by atoms with Gasteiger partial charge in [0.2, 0.25) is 11.8 Å². The van der Waals surface area contributed by atoms with Crippen molar-refractivity contribution in [2.75, 3.05) is 6.54 Å². The van der Waals surface area contributed by atoms with Gasteiger partial charge in [-0.2, -0.15) is 0 Å². The lowest BCUT2D eigenvalue weighted by Crippen LogP contribution is -2.43. The second-order valence-electron chi connectivity index (χ2n) is 7.31. The number of carbonyl (C=O) groups excluding carboxylic acids is 2. The molecule has 0 radical (unpaired) electrons. The van der Waals surface area contributed by atoms with Crippen LogP contribution >= 0.6 is 0 Å². The number of carbonyl (C=O) groups is 2. The van der Waals surface area contributed by atoms with E-state index in [0.717, 1.165) is 30.4 Å². The predicted molar refractivity (Wildman–Crippen MR) is 98.9 cm³/mol. The maximum Gasteiger partial charge on any atom is 0.235 e. The van der Waals surface area contributed by atoms with Crippen LogP contribution in [-0.2, 0) is 16.1 Å². The zero-order valence-corrected chi connectivity index (χ0v) is 15.1. The summed E-state index contributed by atoms with van der Waals surface area (Å²) in [5, 5.41) is 5.93. The monoisotopic (exact) mass is 340 g/mol. The van der Waals surface area contributed by atoms with Gasteiger partial charge in [0.05, 0.1) is 0 Å². The third kappa shape index (κ3) is 4.30. The molecule has 0 bridgehead atoms. The Hall–Kier alpha value is -2.10. The van der Waals surface area contributed by atoms with E-state index < -0.39 is 5.41 Å². The highest BCUT2D eigenvalue weighted by Crippen LogP contribution is 2.46. The van der Waals surface area contributed by atoms with E-state index in [2.05, 4.69) is 16.7 Å². The first-order valence-electron chi connectivity index (χ1n) is 9.41. The van der Waals surface area contributed by atoms with Gasteiger partial charge in [0.15, 0.2) is 0 Å². The van der Waals surface area contributed by atoms with Gasteiger partial charge in [-0.1, -0.05) is 35.9 Å². The largest absolute Gasteiger partial charge is 0.355 e. The van der Waals surface area contributed by atoms with Gasteiger partial charge in [0.1, 0.15) is 5.41 Å². The van der Waals surface area contributed by atoms with Crippen molar-refractivity contribution in [1.82, 2.24) is 10.6 Å². The van der Waals surface area contributed by atoms with Crippen LogP contribution in [0.1, 0.15) is 56.1 Å². The molecule has 0 heterocycles. The molecule has 1 saturated carbocycles. The van der Waals surface area contributed by atoms with Gasteiger partial charge in [0, 0.05) is 13.1 Å². The minimum Gasteiger partial charge on any atom is -0.355 e. The van der Waals surface area contributed by atoms with E-state index in [1.54, 1.807) is 0 Å². The smallest absolute Gasteiger partial charge is 0.235 e. The molecule has 1 fully saturated rings. The molecule has 2 N–H and O–H groups in total. The maximum atomic E-state index is 12.5. The van der Waals surface area contributed by atoms with Gasteiger partial charge in [-0.3, -0.25) is 9.59 Å². The van der Waals surface area contributed by atoms with E-state index in [9.17, 15) is 9.59 Å². The summed E-state index contributed by atoms with van der Waals surface area (Å²) in [6, 6.07) is 7.99. The van der Waals surface area contributed by atoms with E-state index in [1.807, 2.05) is 31.2 Å². The molecule has 2 aliphatic carbocycles. The molecule has 25 heavy (non-hydrogen) atoms. The summed E-state index contributed by atoms with van der Waals surface area (Å²) in [6.45, 7) is 3.14. The maximum absolute atomic E-state index is 12.5. The first kappa shape index (κ1) is 17.7. The zero-order valence-electron chi connectivity index (χ0n) is 15.1. The van der Waals surface area contributed by atoms with Crippen molar-refractivity contribution in [2.45, 2.75) is 58.4 Å². The van der Waals surface area contributed by atoms with Crippen LogP contribution in [0.4, 0.5) is 0 Å². The average Bonchev–Trinajstić information content (AvgIpc) is 3.44. The predicted octanol–water partition coefficient (Wildman–Crippen LogP) is 3.40. The second-order valence-corrected chi connectivity index (χ2v) is 7.31. The Morgan fingerprint density at radius 3 is 2.52 bits per heavy atom. The van der Waals surface area contributed by atoms with Crippen LogP contribution in [0.25, 0.3) is 0 Å². The molecular weight excluding hydrogens is 312 g/mol. The van der Waals surface area contributed by atoms with Crippen LogP contribution in [0.5, 0.6) is 0 Å². The Labute approximate surface area is 150 Å². The van der Waals surface area contributed by atoms with Crippen LogP contribution in [0.3, 0.4) is 0 Å². The Balaban J connectivity index is 1.47. The molecule has 134 valence electrons. The summed E-state index contributed by atoms with van der Waals surface area (Å²) in [5.74, 6) is -0.240. The van der Waals surface area contributed by atoms with Crippen molar-refractivity contribution in [3.8, 4) is 0 Å². The van der Waals surface area contributed by atoms with Gasteiger partial charge >= 0.3 is 0 Å². The Morgan fingerprint density at radius 1 is 1.08 bits per heavy atom. The molecule has 2 amide bonds. The molecule has 3 rings (SSSR count). The van der Waals surface area contributed by atoms with Crippen molar-refractivity contribution in [3.63, 3.8) is 0 Å². The standard InChI is InChI=1S/C21H28N2O2/c1-16-7-5-6-10-18(16)15-23-20(25)21(12-13-21)19(24)22-14-11-17-8-3-2-4-9-17/h5-8,10H,2-4,9,11-15H2,1H3,(H,22,24)(H,23,25). The summed E-state index contributed by atoms with van der Waals surface area (Å²) in [5.41, 5.74) is 2.86. The van der Waals surface area contributed by atoms with Crippen LogP contribution in [-0.4, -0.2) is 18.4 Å². The Bertz CT molecular complexity index is 674. The summed E-state index contributed by atoms with van der Waals surface area (Å²) in [4.78, 5) is 25.0. The van der Waals surface area contributed by atoms with Gasteiger partial charge in [0.25, 0.3) is 0 Å². The summed E-state index contributed by atoms with van der Waals surface area (Å²) >= 11 is 0. The molecule has 0 atom stereocenters. The number of hydrogen-bond donors (Lipinski definition) is 2. The van der Waals surface area contributed by atoms with E-state index in [-0.39, 0.29) is 11.8 Å². The lowest BCUT2D eigenvalue weighted by atomic mass is 9.97. The molecule has 4 heteroatoms. The molecule has 0 unspecified atom stereocenters. The Morgan fingerprint density at radius 2 is 1.84 bits per heavy atom. The number of allylic oxidation sites excluding steroid dienone is 1. The van der Waals surface area contributed by atoms with Gasteiger partial charge in [-0.25, -0.2) is 0 Å². The minimum absolute atomic E-state index is 0.105. The summed E-state index contributed by atoms with van der Waals surface area (Å²) in [7, 11) is 0. The number of amides is 2. The lowest BCUT2D eigenvalue weighted by molar-refractivity contribution is -0.137. The molecular formula is C21H28N2O2. The van der Waals surface area contributed by atoms with E-state index >= 15 is 0 Å². The highest BCUT2D eigenvalue weighted by atomic mass is 16.2. The van der Waals surface area contributed by atoms with Crippen molar-refractivity contribution < 1.29 is 9.59 Å². The topological polar surface area (TPSA) is 58.2 Å². The van der Waals surface area contributed by atoms with Crippen LogP contribution in [0, 0.1) is 12.3 Å². The molecule has 2 aliphatic rings. The van der Waals surface area contributed by atoms with Crippen molar-refractivity contribution in [1.29, 1.82) is 0 Å². The third-order valence-electron chi connectivity index (χ3n) is 5.44. The van der Waals surface area contributed by atoms with Crippen molar-refractivity contribution >= 4 is 11.8 Å². The van der Waals surface area contributed by atoms with Crippen LogP contribution in [0.15, 0.2) is 35.9 Å². The molecule has 0 aromatic heterocycles. The van der Waals surface area contributed by atoms with Gasteiger partial charge < -0.3 is 10.6 Å². The molecule has 0 spiro atoms. The van der Waals surface area contributed by atoms with Gasteiger partial charge in [-0.15, -0.1) is 0 Å². The molecule has 1 aromatic rings. The van der Waals surface area contributed by atoms with E-state index in [1.165, 1.54) is 18.4 Å². The van der Waals surface area contributed by atoms with E-state index in [4.69, 9.17) is 0 Å². The molecule has 0 saturated heterocycles.